The van der Waals surface area contributed by atoms with Crippen LogP contribution in [0, 0.1) is 11.8 Å². The summed E-state index contributed by atoms with van der Waals surface area (Å²) >= 11 is 0. The Balaban J connectivity index is 1.85. The highest BCUT2D eigenvalue weighted by Gasteiger charge is 2.37. The van der Waals surface area contributed by atoms with Gasteiger partial charge in [-0.3, -0.25) is 9.69 Å². The molecule has 1 atom stereocenters. The first-order valence-corrected chi connectivity index (χ1v) is 11.2. The molecule has 1 fully saturated rings. The fraction of sp³-hybridized carbons (Fsp3) is 0.667. The largest absolute Gasteiger partial charge is 0.325 e. The zero-order valence-corrected chi connectivity index (χ0v) is 19.5. The third-order valence-corrected chi connectivity index (χ3v) is 6.10. The number of para-hydroxylation sites is 2. The van der Waals surface area contributed by atoms with Gasteiger partial charge in [0.05, 0.1) is 11.4 Å². The molecule has 0 saturated carbocycles. The maximum atomic E-state index is 13.8. The van der Waals surface area contributed by atoms with Crippen LogP contribution in [0.5, 0.6) is 0 Å². The van der Waals surface area contributed by atoms with Crippen molar-refractivity contribution >= 4 is 23.3 Å². The second kappa shape index (κ2) is 8.96. The minimum absolute atomic E-state index is 0.0421. The summed E-state index contributed by atoms with van der Waals surface area (Å²) in [5.41, 5.74) is 1.42. The third kappa shape index (κ3) is 4.97. The lowest BCUT2D eigenvalue weighted by molar-refractivity contribution is -0.119. The molecule has 6 heteroatoms. The Hall–Kier alpha value is -2.08. The van der Waals surface area contributed by atoms with Crippen molar-refractivity contribution in [2.45, 2.75) is 53.0 Å². The van der Waals surface area contributed by atoms with E-state index < -0.39 is 0 Å². The molecule has 1 saturated heterocycles. The number of fused-ring (bicyclic) bond motifs is 1. The summed E-state index contributed by atoms with van der Waals surface area (Å²) in [7, 11) is 2.15. The molecule has 3 rings (SSSR count). The molecule has 2 heterocycles. The first-order valence-electron chi connectivity index (χ1n) is 11.2. The normalized spacial score (nSPS) is 19.9. The SMILES string of the molecule is CC(C)CC(=O)N1CCN(C(=O)N(C[C@@H]2CCN(C)C2)C(C)(C)C)c2ccccc21. The van der Waals surface area contributed by atoms with E-state index in [0.717, 1.165) is 37.4 Å². The molecular weight excluding hydrogens is 376 g/mol. The van der Waals surface area contributed by atoms with Gasteiger partial charge in [-0.05, 0) is 64.8 Å². The number of benzene rings is 1. The fourth-order valence-electron chi connectivity index (χ4n) is 4.50. The monoisotopic (exact) mass is 414 g/mol. The van der Waals surface area contributed by atoms with Crippen LogP contribution < -0.4 is 9.80 Å². The standard InChI is InChI=1S/C24H38N4O2/c1-18(2)15-22(29)26-13-14-27(21-10-8-7-9-20(21)26)23(30)28(24(3,4)5)17-19-11-12-25(6)16-19/h7-10,18-19H,11-17H2,1-6H3/t19-/m1/s1. The lowest BCUT2D eigenvalue weighted by atomic mass is 10.0. The molecule has 2 aliphatic rings. The number of hydrogen-bond donors (Lipinski definition) is 0. The fourth-order valence-corrected chi connectivity index (χ4v) is 4.50. The van der Waals surface area contributed by atoms with Crippen LogP contribution in [0.4, 0.5) is 16.2 Å². The van der Waals surface area contributed by atoms with Gasteiger partial charge < -0.3 is 14.7 Å². The van der Waals surface area contributed by atoms with E-state index >= 15 is 0 Å². The van der Waals surface area contributed by atoms with Crippen molar-refractivity contribution < 1.29 is 9.59 Å². The van der Waals surface area contributed by atoms with E-state index in [1.165, 1.54) is 0 Å². The lowest BCUT2D eigenvalue weighted by Gasteiger charge is -2.43. The predicted octanol–water partition coefficient (Wildman–Crippen LogP) is 4.06. The molecule has 0 aromatic heterocycles. The van der Waals surface area contributed by atoms with Gasteiger partial charge in [-0.2, -0.15) is 0 Å². The van der Waals surface area contributed by atoms with E-state index in [1.54, 1.807) is 0 Å². The van der Waals surface area contributed by atoms with Crippen LogP contribution in [0.3, 0.4) is 0 Å². The Morgan fingerprint density at radius 1 is 1.07 bits per heavy atom. The highest BCUT2D eigenvalue weighted by Crippen LogP contribution is 2.35. The number of urea groups is 1. The van der Waals surface area contributed by atoms with E-state index in [-0.39, 0.29) is 17.5 Å². The summed E-state index contributed by atoms with van der Waals surface area (Å²) in [6.45, 7) is 14.4. The Labute approximate surface area is 181 Å². The van der Waals surface area contributed by atoms with Crippen molar-refractivity contribution in [1.29, 1.82) is 0 Å². The molecular formula is C24H38N4O2. The number of carbonyl (C=O) groups is 2. The molecule has 0 unspecified atom stereocenters. The first kappa shape index (κ1) is 22.6. The van der Waals surface area contributed by atoms with Gasteiger partial charge in [-0.25, -0.2) is 4.79 Å². The van der Waals surface area contributed by atoms with E-state index in [1.807, 2.05) is 39.0 Å². The lowest BCUT2D eigenvalue weighted by Crippen LogP contribution is -2.56. The van der Waals surface area contributed by atoms with Gasteiger partial charge in [0.15, 0.2) is 0 Å². The van der Waals surface area contributed by atoms with Gasteiger partial charge in [0.1, 0.15) is 0 Å². The number of hydrogen-bond acceptors (Lipinski definition) is 3. The Morgan fingerprint density at radius 2 is 1.67 bits per heavy atom. The smallest absolute Gasteiger partial charge is 0.319 e. The van der Waals surface area contributed by atoms with Crippen LogP contribution in [-0.2, 0) is 4.79 Å². The van der Waals surface area contributed by atoms with E-state index in [2.05, 4.69) is 46.6 Å². The van der Waals surface area contributed by atoms with Crippen LogP contribution in [0.25, 0.3) is 0 Å². The Bertz CT molecular complexity index is 771. The maximum absolute atomic E-state index is 13.8. The molecule has 0 radical (unpaired) electrons. The predicted molar refractivity (Wildman–Crippen MR) is 123 cm³/mol. The minimum atomic E-state index is -0.266. The molecule has 2 aliphatic heterocycles. The van der Waals surface area contributed by atoms with Crippen LogP contribution in [0.2, 0.25) is 0 Å². The molecule has 30 heavy (non-hydrogen) atoms. The van der Waals surface area contributed by atoms with Gasteiger partial charge in [-0.15, -0.1) is 0 Å². The van der Waals surface area contributed by atoms with E-state index in [4.69, 9.17) is 0 Å². The zero-order chi connectivity index (χ0) is 22.1. The van der Waals surface area contributed by atoms with Crippen molar-refractivity contribution in [2.24, 2.45) is 11.8 Å². The number of likely N-dealkylation sites (tertiary alicyclic amines) is 1. The van der Waals surface area contributed by atoms with Gasteiger partial charge >= 0.3 is 6.03 Å². The van der Waals surface area contributed by atoms with Crippen molar-refractivity contribution in [2.75, 3.05) is 49.6 Å². The number of amides is 3. The summed E-state index contributed by atoms with van der Waals surface area (Å²) < 4.78 is 0. The van der Waals surface area contributed by atoms with E-state index in [0.29, 0.717) is 31.3 Å². The number of carbonyl (C=O) groups excluding carboxylic acids is 2. The van der Waals surface area contributed by atoms with Crippen LogP contribution in [-0.4, -0.2) is 67.0 Å². The average Bonchev–Trinajstić information content (AvgIpc) is 3.08. The van der Waals surface area contributed by atoms with Gasteiger partial charge in [0.25, 0.3) is 0 Å². The number of rotatable bonds is 4. The summed E-state index contributed by atoms with van der Waals surface area (Å²) in [6.07, 6.45) is 1.65. The molecule has 0 N–H and O–H groups in total. The summed E-state index contributed by atoms with van der Waals surface area (Å²) in [5, 5.41) is 0. The van der Waals surface area contributed by atoms with Crippen LogP contribution in [0.15, 0.2) is 24.3 Å². The molecule has 6 nitrogen and oxygen atoms in total. The van der Waals surface area contributed by atoms with Gasteiger partial charge in [0, 0.05) is 38.1 Å². The Kier molecular flexibility index (Phi) is 6.75. The summed E-state index contributed by atoms with van der Waals surface area (Å²) in [6, 6.07) is 7.86. The summed E-state index contributed by atoms with van der Waals surface area (Å²) in [4.78, 5) is 34.7. The van der Waals surface area contributed by atoms with Crippen molar-refractivity contribution in [3.05, 3.63) is 24.3 Å². The molecule has 0 bridgehead atoms. The molecule has 3 amide bonds. The maximum Gasteiger partial charge on any atom is 0.325 e. The number of anilines is 2. The first-order chi connectivity index (χ1) is 14.1. The highest BCUT2D eigenvalue weighted by atomic mass is 16.2. The summed E-state index contributed by atoms with van der Waals surface area (Å²) in [5.74, 6) is 0.943. The highest BCUT2D eigenvalue weighted by molar-refractivity contribution is 6.03. The third-order valence-electron chi connectivity index (χ3n) is 6.10. The van der Waals surface area contributed by atoms with E-state index in [9.17, 15) is 9.59 Å². The van der Waals surface area contributed by atoms with Gasteiger partial charge in [-0.1, -0.05) is 26.0 Å². The van der Waals surface area contributed by atoms with Crippen molar-refractivity contribution in [3.8, 4) is 0 Å². The molecule has 1 aromatic rings. The topological polar surface area (TPSA) is 47.1 Å². The average molecular weight is 415 g/mol. The van der Waals surface area contributed by atoms with Crippen LogP contribution in [0.1, 0.15) is 47.5 Å². The molecule has 1 aromatic carbocycles. The second-order valence-electron chi connectivity index (χ2n) is 10.3. The second-order valence-corrected chi connectivity index (χ2v) is 10.3. The Morgan fingerprint density at radius 3 is 2.20 bits per heavy atom. The minimum Gasteiger partial charge on any atom is -0.319 e. The number of nitrogens with zero attached hydrogens (tertiary/aromatic N) is 4. The molecule has 0 spiro atoms. The molecule has 166 valence electrons. The van der Waals surface area contributed by atoms with Gasteiger partial charge in [0.2, 0.25) is 5.91 Å². The quantitative estimate of drug-likeness (QED) is 0.746. The van der Waals surface area contributed by atoms with Crippen LogP contribution >= 0.6 is 0 Å². The zero-order valence-electron chi connectivity index (χ0n) is 19.5. The van der Waals surface area contributed by atoms with Crippen molar-refractivity contribution in [1.82, 2.24) is 9.80 Å². The van der Waals surface area contributed by atoms with Crippen molar-refractivity contribution in [3.63, 3.8) is 0 Å². The molecule has 0 aliphatic carbocycles.